The Balaban J connectivity index is 2.30. The van der Waals surface area contributed by atoms with Gasteiger partial charge in [0.1, 0.15) is 4.90 Å². The maximum absolute atomic E-state index is 12.8. The first-order chi connectivity index (χ1) is 9.55. The van der Waals surface area contributed by atoms with Crippen LogP contribution in [0.4, 0.5) is 5.69 Å². The molecule has 1 aliphatic rings. The first kappa shape index (κ1) is 15.3. The highest BCUT2D eigenvalue weighted by Crippen LogP contribution is 2.25. The van der Waals surface area contributed by atoms with Gasteiger partial charge >= 0.3 is 0 Å². The minimum absolute atomic E-state index is 0.381. The van der Waals surface area contributed by atoms with E-state index in [1.807, 2.05) is 26.1 Å². The molecule has 2 rings (SSSR count). The van der Waals surface area contributed by atoms with Crippen molar-refractivity contribution < 1.29 is 8.42 Å². The summed E-state index contributed by atoms with van der Waals surface area (Å²) in [6, 6.07) is 7.13. The summed E-state index contributed by atoms with van der Waals surface area (Å²) in [5, 5.41) is 3.13. The summed E-state index contributed by atoms with van der Waals surface area (Å²) >= 11 is 0. The summed E-state index contributed by atoms with van der Waals surface area (Å²) in [6.07, 6.45) is 0.874. The lowest BCUT2D eigenvalue weighted by Crippen LogP contribution is -2.34. The van der Waals surface area contributed by atoms with Crippen LogP contribution in [-0.4, -0.2) is 57.4 Å². The number of sulfonamides is 1. The van der Waals surface area contributed by atoms with Crippen molar-refractivity contribution in [3.8, 4) is 0 Å². The van der Waals surface area contributed by atoms with E-state index in [4.69, 9.17) is 0 Å². The molecule has 1 heterocycles. The topological polar surface area (TPSA) is 52.7 Å². The zero-order valence-electron chi connectivity index (χ0n) is 12.2. The van der Waals surface area contributed by atoms with E-state index in [0.29, 0.717) is 30.2 Å². The zero-order valence-corrected chi connectivity index (χ0v) is 13.0. The monoisotopic (exact) mass is 297 g/mol. The molecule has 20 heavy (non-hydrogen) atoms. The second-order valence-corrected chi connectivity index (χ2v) is 6.99. The molecule has 1 aromatic rings. The van der Waals surface area contributed by atoms with Gasteiger partial charge < -0.3 is 10.2 Å². The smallest absolute Gasteiger partial charge is 0.245 e. The lowest BCUT2D eigenvalue weighted by molar-refractivity contribution is 0.347. The summed E-state index contributed by atoms with van der Waals surface area (Å²) in [5.41, 5.74) is 0.688. The number of anilines is 1. The second kappa shape index (κ2) is 6.56. The van der Waals surface area contributed by atoms with Gasteiger partial charge in [0.2, 0.25) is 10.0 Å². The maximum Gasteiger partial charge on any atom is 0.245 e. The number of para-hydroxylation sites is 1. The van der Waals surface area contributed by atoms with Crippen molar-refractivity contribution in [3.63, 3.8) is 0 Å². The average Bonchev–Trinajstić information content (AvgIpc) is 2.65. The lowest BCUT2D eigenvalue weighted by atomic mass is 10.3. The van der Waals surface area contributed by atoms with Crippen molar-refractivity contribution in [3.05, 3.63) is 24.3 Å². The van der Waals surface area contributed by atoms with Gasteiger partial charge in [-0.3, -0.25) is 0 Å². The van der Waals surface area contributed by atoms with Gasteiger partial charge in [0.05, 0.1) is 5.69 Å². The number of rotatable bonds is 4. The van der Waals surface area contributed by atoms with Gasteiger partial charge in [0.25, 0.3) is 0 Å². The summed E-state index contributed by atoms with van der Waals surface area (Å²) in [6.45, 7) is 5.54. The fraction of sp³-hybridized carbons (Fsp3) is 0.571. The molecule has 5 nitrogen and oxygen atoms in total. The summed E-state index contributed by atoms with van der Waals surface area (Å²) in [5.74, 6) is 0. The van der Waals surface area contributed by atoms with Gasteiger partial charge in [-0.1, -0.05) is 12.1 Å². The third-order valence-corrected chi connectivity index (χ3v) is 5.51. The van der Waals surface area contributed by atoms with Crippen LogP contribution in [0.3, 0.4) is 0 Å². The van der Waals surface area contributed by atoms with Gasteiger partial charge in [0, 0.05) is 26.2 Å². The molecular formula is C14H23N3O2S. The van der Waals surface area contributed by atoms with Crippen LogP contribution in [0.5, 0.6) is 0 Å². The molecule has 0 bridgehead atoms. The van der Waals surface area contributed by atoms with Crippen LogP contribution in [0.1, 0.15) is 13.3 Å². The third-order valence-electron chi connectivity index (χ3n) is 3.55. The Hall–Kier alpha value is -1.11. The first-order valence-electron chi connectivity index (χ1n) is 7.07. The Morgan fingerprint density at radius 3 is 2.65 bits per heavy atom. The average molecular weight is 297 g/mol. The molecule has 0 aliphatic carbocycles. The van der Waals surface area contributed by atoms with E-state index in [1.165, 1.54) is 0 Å². The van der Waals surface area contributed by atoms with Gasteiger partial charge in [-0.25, -0.2) is 8.42 Å². The maximum atomic E-state index is 12.8. The quantitative estimate of drug-likeness (QED) is 0.914. The Morgan fingerprint density at radius 1 is 1.15 bits per heavy atom. The Bertz CT molecular complexity index is 545. The number of likely N-dealkylation sites (N-methyl/N-ethyl adjacent to an activating group) is 1. The Morgan fingerprint density at radius 2 is 1.90 bits per heavy atom. The van der Waals surface area contributed by atoms with E-state index >= 15 is 0 Å². The van der Waals surface area contributed by atoms with Crippen LogP contribution >= 0.6 is 0 Å². The standard InChI is InChI=1S/C14H23N3O2S/c1-3-15-13-7-4-5-8-14(13)20(18,19)17-10-6-9-16(2)11-12-17/h4-5,7-8,15H,3,6,9-12H2,1-2H3. The molecule has 1 N–H and O–H groups in total. The van der Waals surface area contributed by atoms with E-state index in [0.717, 1.165) is 19.5 Å². The molecule has 0 radical (unpaired) electrons. The highest BCUT2D eigenvalue weighted by Gasteiger charge is 2.27. The number of hydrogen-bond donors (Lipinski definition) is 1. The summed E-state index contributed by atoms with van der Waals surface area (Å²) < 4.78 is 27.2. The fourth-order valence-corrected chi connectivity index (χ4v) is 4.07. The van der Waals surface area contributed by atoms with E-state index in [1.54, 1.807) is 16.4 Å². The molecule has 0 saturated carbocycles. The highest BCUT2D eigenvalue weighted by atomic mass is 32.2. The fourth-order valence-electron chi connectivity index (χ4n) is 2.43. The molecule has 0 unspecified atom stereocenters. The molecule has 6 heteroatoms. The van der Waals surface area contributed by atoms with Crippen LogP contribution in [0, 0.1) is 0 Å². The van der Waals surface area contributed by atoms with E-state index < -0.39 is 10.0 Å². The van der Waals surface area contributed by atoms with Crippen molar-refractivity contribution in [2.24, 2.45) is 0 Å². The van der Waals surface area contributed by atoms with Gasteiger partial charge in [-0.2, -0.15) is 4.31 Å². The highest BCUT2D eigenvalue weighted by molar-refractivity contribution is 7.89. The molecule has 0 aromatic heterocycles. The molecule has 112 valence electrons. The molecule has 1 saturated heterocycles. The van der Waals surface area contributed by atoms with Crippen molar-refractivity contribution in [2.75, 3.05) is 45.1 Å². The van der Waals surface area contributed by atoms with Gasteiger partial charge in [0.15, 0.2) is 0 Å². The zero-order chi connectivity index (χ0) is 14.6. The van der Waals surface area contributed by atoms with E-state index in [9.17, 15) is 8.42 Å². The van der Waals surface area contributed by atoms with Crippen molar-refractivity contribution >= 4 is 15.7 Å². The summed E-state index contributed by atoms with van der Waals surface area (Å²) in [7, 11) is -1.39. The molecule has 0 amide bonds. The predicted molar refractivity (Wildman–Crippen MR) is 81.5 cm³/mol. The number of nitrogens with zero attached hydrogens (tertiary/aromatic N) is 2. The SMILES string of the molecule is CCNc1ccccc1S(=O)(=O)N1CCCN(C)CC1. The minimum Gasteiger partial charge on any atom is -0.384 e. The normalized spacial score (nSPS) is 18.7. The van der Waals surface area contributed by atoms with E-state index in [2.05, 4.69) is 10.2 Å². The third kappa shape index (κ3) is 3.31. The molecule has 1 fully saturated rings. The van der Waals surface area contributed by atoms with Gasteiger partial charge in [-0.05, 0) is 39.1 Å². The van der Waals surface area contributed by atoms with Crippen molar-refractivity contribution in [2.45, 2.75) is 18.2 Å². The summed E-state index contributed by atoms with van der Waals surface area (Å²) in [4.78, 5) is 2.55. The van der Waals surface area contributed by atoms with Crippen LogP contribution in [0.2, 0.25) is 0 Å². The minimum atomic E-state index is -3.42. The van der Waals surface area contributed by atoms with Crippen LogP contribution in [0.15, 0.2) is 29.2 Å². The van der Waals surface area contributed by atoms with Crippen molar-refractivity contribution in [1.82, 2.24) is 9.21 Å². The Labute approximate surface area is 121 Å². The van der Waals surface area contributed by atoms with Crippen LogP contribution in [0.25, 0.3) is 0 Å². The largest absolute Gasteiger partial charge is 0.384 e. The number of hydrogen-bond acceptors (Lipinski definition) is 4. The van der Waals surface area contributed by atoms with Crippen LogP contribution in [-0.2, 0) is 10.0 Å². The van der Waals surface area contributed by atoms with Crippen molar-refractivity contribution in [1.29, 1.82) is 0 Å². The number of nitrogens with one attached hydrogen (secondary N) is 1. The second-order valence-electron chi connectivity index (χ2n) is 5.09. The van der Waals surface area contributed by atoms with E-state index in [-0.39, 0.29) is 0 Å². The molecular weight excluding hydrogens is 274 g/mol. The molecule has 0 atom stereocenters. The lowest BCUT2D eigenvalue weighted by Gasteiger charge is -2.22. The number of benzene rings is 1. The van der Waals surface area contributed by atoms with Gasteiger partial charge in [-0.15, -0.1) is 0 Å². The van der Waals surface area contributed by atoms with Crippen LogP contribution < -0.4 is 5.32 Å². The molecule has 1 aromatic carbocycles. The molecule has 1 aliphatic heterocycles. The predicted octanol–water partition coefficient (Wildman–Crippen LogP) is 1.44. The first-order valence-corrected chi connectivity index (χ1v) is 8.51. The Kier molecular flexibility index (Phi) is 5.01. The molecule has 0 spiro atoms.